The number of hydrogen-bond acceptors (Lipinski definition) is 3. The van der Waals surface area contributed by atoms with Crippen LogP contribution in [0.15, 0.2) is 0 Å². The monoisotopic (exact) mass is 186 g/mol. The van der Waals surface area contributed by atoms with Crippen LogP contribution in [0.1, 0.15) is 20.8 Å². The fraction of sp³-hybridized carbons (Fsp3) is 1.00. The minimum absolute atomic E-state index is 0.148. The second kappa shape index (κ2) is 4.94. The number of ether oxygens (including phenoxy) is 1. The number of nitrogens with zero attached hydrogens (tertiary/aromatic N) is 1. The molecule has 0 amide bonds. The second-order valence-electron chi connectivity index (χ2n) is 4.42. The predicted molar refractivity (Wildman–Crippen MR) is 54.7 cm³/mol. The normalized spacial score (nSPS) is 27.9. The highest BCUT2D eigenvalue weighted by atomic mass is 16.5. The summed E-state index contributed by atoms with van der Waals surface area (Å²) in [6.07, 6.45) is 0.229. The lowest BCUT2D eigenvalue weighted by atomic mass is 10.1. The molecule has 1 fully saturated rings. The van der Waals surface area contributed by atoms with E-state index in [1.54, 1.807) is 0 Å². The van der Waals surface area contributed by atoms with Crippen LogP contribution in [0.3, 0.4) is 0 Å². The molecule has 78 valence electrons. The van der Waals surface area contributed by atoms with Crippen molar-refractivity contribution < 1.29 is 4.74 Å². The minimum atomic E-state index is 0.148. The van der Waals surface area contributed by atoms with Crippen molar-refractivity contribution in [2.24, 2.45) is 11.7 Å². The first-order chi connectivity index (χ1) is 6.09. The molecule has 0 aromatic heterocycles. The van der Waals surface area contributed by atoms with Gasteiger partial charge < -0.3 is 10.5 Å². The van der Waals surface area contributed by atoms with Crippen molar-refractivity contribution in [2.45, 2.75) is 32.9 Å². The molecule has 0 aromatic carbocycles. The van der Waals surface area contributed by atoms with Gasteiger partial charge in [0.25, 0.3) is 0 Å². The zero-order valence-corrected chi connectivity index (χ0v) is 8.99. The largest absolute Gasteiger partial charge is 0.374 e. The van der Waals surface area contributed by atoms with Gasteiger partial charge >= 0.3 is 0 Å². The predicted octanol–water partition coefficient (Wildman–Crippen LogP) is 0.690. The molecule has 0 spiro atoms. The molecule has 13 heavy (non-hydrogen) atoms. The summed E-state index contributed by atoms with van der Waals surface area (Å²) in [7, 11) is 0. The Kier molecular flexibility index (Phi) is 4.16. The SMILES string of the molecule is CC(C)CN1CCOC(C(C)N)C1. The van der Waals surface area contributed by atoms with E-state index in [0.717, 1.165) is 32.2 Å². The Morgan fingerprint density at radius 2 is 2.15 bits per heavy atom. The van der Waals surface area contributed by atoms with Crippen molar-refractivity contribution in [3.05, 3.63) is 0 Å². The van der Waals surface area contributed by atoms with E-state index in [9.17, 15) is 0 Å². The maximum absolute atomic E-state index is 5.81. The van der Waals surface area contributed by atoms with Crippen LogP contribution in [-0.4, -0.2) is 43.3 Å². The Morgan fingerprint density at radius 1 is 1.46 bits per heavy atom. The standard InChI is InChI=1S/C10H22N2O/c1-8(2)6-12-4-5-13-10(7-12)9(3)11/h8-10H,4-7,11H2,1-3H3. The van der Waals surface area contributed by atoms with Crippen molar-refractivity contribution in [3.63, 3.8) is 0 Å². The summed E-state index contributed by atoms with van der Waals surface area (Å²) in [5, 5.41) is 0. The zero-order valence-electron chi connectivity index (χ0n) is 8.99. The summed E-state index contributed by atoms with van der Waals surface area (Å²) in [5.74, 6) is 0.729. The molecule has 2 unspecified atom stereocenters. The second-order valence-corrected chi connectivity index (χ2v) is 4.42. The summed E-state index contributed by atoms with van der Waals surface area (Å²) in [5.41, 5.74) is 5.81. The Labute approximate surface area is 81.2 Å². The molecule has 1 saturated heterocycles. The molecular formula is C10H22N2O. The van der Waals surface area contributed by atoms with Crippen LogP contribution in [0.4, 0.5) is 0 Å². The van der Waals surface area contributed by atoms with Crippen LogP contribution in [0.5, 0.6) is 0 Å². The summed E-state index contributed by atoms with van der Waals surface area (Å²) < 4.78 is 5.58. The molecule has 0 aromatic rings. The molecule has 2 atom stereocenters. The minimum Gasteiger partial charge on any atom is -0.374 e. The van der Waals surface area contributed by atoms with Gasteiger partial charge in [0.05, 0.1) is 12.7 Å². The van der Waals surface area contributed by atoms with E-state index in [1.807, 2.05) is 6.92 Å². The molecule has 1 rings (SSSR count). The maximum Gasteiger partial charge on any atom is 0.0850 e. The van der Waals surface area contributed by atoms with Crippen molar-refractivity contribution in [3.8, 4) is 0 Å². The topological polar surface area (TPSA) is 38.5 Å². The Bertz CT molecular complexity index is 148. The van der Waals surface area contributed by atoms with Gasteiger partial charge in [0.1, 0.15) is 0 Å². The van der Waals surface area contributed by atoms with E-state index in [4.69, 9.17) is 10.5 Å². The smallest absolute Gasteiger partial charge is 0.0850 e. The van der Waals surface area contributed by atoms with Gasteiger partial charge in [-0.1, -0.05) is 13.8 Å². The summed E-state index contributed by atoms with van der Waals surface area (Å²) in [6.45, 7) is 10.6. The third-order valence-corrected chi connectivity index (χ3v) is 2.39. The van der Waals surface area contributed by atoms with E-state index >= 15 is 0 Å². The van der Waals surface area contributed by atoms with Gasteiger partial charge in [0.15, 0.2) is 0 Å². The highest BCUT2D eigenvalue weighted by Gasteiger charge is 2.23. The number of hydrogen-bond donors (Lipinski definition) is 1. The van der Waals surface area contributed by atoms with Gasteiger partial charge in [-0.2, -0.15) is 0 Å². The Balaban J connectivity index is 2.33. The van der Waals surface area contributed by atoms with E-state index in [1.165, 1.54) is 0 Å². The lowest BCUT2D eigenvalue weighted by molar-refractivity contribution is -0.0405. The molecule has 0 saturated carbocycles. The van der Waals surface area contributed by atoms with Crippen LogP contribution >= 0.6 is 0 Å². The van der Waals surface area contributed by atoms with E-state index in [2.05, 4.69) is 18.7 Å². The van der Waals surface area contributed by atoms with Gasteiger partial charge in [-0.25, -0.2) is 0 Å². The van der Waals surface area contributed by atoms with Crippen LogP contribution in [-0.2, 0) is 4.74 Å². The van der Waals surface area contributed by atoms with Gasteiger partial charge in [0.2, 0.25) is 0 Å². The summed E-state index contributed by atoms with van der Waals surface area (Å²) >= 11 is 0. The molecule has 1 aliphatic rings. The van der Waals surface area contributed by atoms with Gasteiger partial charge in [-0.3, -0.25) is 4.90 Å². The van der Waals surface area contributed by atoms with Crippen LogP contribution in [0, 0.1) is 5.92 Å². The third kappa shape index (κ3) is 3.63. The van der Waals surface area contributed by atoms with Crippen molar-refractivity contribution >= 4 is 0 Å². The first-order valence-corrected chi connectivity index (χ1v) is 5.19. The van der Waals surface area contributed by atoms with E-state index < -0.39 is 0 Å². The lowest BCUT2D eigenvalue weighted by Gasteiger charge is -2.35. The molecular weight excluding hydrogens is 164 g/mol. The van der Waals surface area contributed by atoms with Crippen molar-refractivity contribution in [2.75, 3.05) is 26.2 Å². The van der Waals surface area contributed by atoms with Crippen LogP contribution < -0.4 is 5.73 Å². The average molecular weight is 186 g/mol. The Hall–Kier alpha value is -0.120. The molecule has 0 bridgehead atoms. The molecule has 0 radical (unpaired) electrons. The highest BCUT2D eigenvalue weighted by Crippen LogP contribution is 2.09. The molecule has 3 nitrogen and oxygen atoms in total. The lowest BCUT2D eigenvalue weighted by Crippen LogP contribution is -2.50. The quantitative estimate of drug-likeness (QED) is 0.705. The van der Waals surface area contributed by atoms with Gasteiger partial charge in [-0.05, 0) is 12.8 Å². The van der Waals surface area contributed by atoms with E-state index in [0.29, 0.717) is 0 Å². The maximum atomic E-state index is 5.81. The number of morpholine rings is 1. The van der Waals surface area contributed by atoms with Crippen molar-refractivity contribution in [1.29, 1.82) is 0 Å². The Morgan fingerprint density at radius 3 is 2.69 bits per heavy atom. The number of nitrogens with two attached hydrogens (primary N) is 1. The molecule has 3 heteroatoms. The average Bonchev–Trinajstić information content (AvgIpc) is 2.03. The zero-order chi connectivity index (χ0) is 9.84. The van der Waals surface area contributed by atoms with Crippen LogP contribution in [0.25, 0.3) is 0 Å². The van der Waals surface area contributed by atoms with E-state index in [-0.39, 0.29) is 12.1 Å². The first kappa shape index (κ1) is 11.0. The fourth-order valence-corrected chi connectivity index (χ4v) is 1.73. The summed E-state index contributed by atoms with van der Waals surface area (Å²) in [4.78, 5) is 2.45. The highest BCUT2D eigenvalue weighted by molar-refractivity contribution is 4.77. The first-order valence-electron chi connectivity index (χ1n) is 5.19. The van der Waals surface area contributed by atoms with Gasteiger partial charge in [-0.15, -0.1) is 0 Å². The van der Waals surface area contributed by atoms with Crippen LogP contribution in [0.2, 0.25) is 0 Å². The molecule has 2 N–H and O–H groups in total. The number of rotatable bonds is 3. The van der Waals surface area contributed by atoms with Gasteiger partial charge in [0, 0.05) is 25.7 Å². The molecule has 0 aliphatic carbocycles. The fourth-order valence-electron chi connectivity index (χ4n) is 1.73. The summed E-state index contributed by atoms with van der Waals surface area (Å²) in [6, 6.07) is 0.148. The third-order valence-electron chi connectivity index (χ3n) is 2.39. The van der Waals surface area contributed by atoms with Crippen molar-refractivity contribution in [1.82, 2.24) is 4.90 Å². The molecule has 1 heterocycles. The molecule has 1 aliphatic heterocycles.